The number of carbonyl (C=O) groups excluding carboxylic acids is 1. The SMILES string of the molecule is CC1=C(C(=O)Nc2ccccc2)C(c2ccc(C(C)C)cc2)NC(=S)N1. The van der Waals surface area contributed by atoms with Gasteiger partial charge in [-0.1, -0.05) is 56.3 Å². The van der Waals surface area contributed by atoms with Gasteiger partial charge in [0.2, 0.25) is 0 Å². The molecule has 1 amide bonds. The van der Waals surface area contributed by atoms with Crippen LogP contribution in [-0.2, 0) is 4.79 Å². The zero-order valence-electron chi connectivity index (χ0n) is 15.2. The molecule has 0 saturated carbocycles. The monoisotopic (exact) mass is 365 g/mol. The Kier molecular flexibility index (Phi) is 5.38. The predicted molar refractivity (Wildman–Crippen MR) is 110 cm³/mol. The van der Waals surface area contributed by atoms with Crippen LogP contribution in [0.4, 0.5) is 5.69 Å². The highest BCUT2D eigenvalue weighted by molar-refractivity contribution is 7.80. The van der Waals surface area contributed by atoms with Crippen LogP contribution in [0.25, 0.3) is 0 Å². The molecule has 0 aliphatic carbocycles. The third kappa shape index (κ3) is 3.94. The van der Waals surface area contributed by atoms with Gasteiger partial charge in [-0.2, -0.15) is 0 Å². The first-order valence-electron chi connectivity index (χ1n) is 8.70. The number of nitrogens with one attached hydrogen (secondary N) is 3. The van der Waals surface area contributed by atoms with Gasteiger partial charge in [0.1, 0.15) is 0 Å². The summed E-state index contributed by atoms with van der Waals surface area (Å²) >= 11 is 5.31. The Labute approximate surface area is 159 Å². The van der Waals surface area contributed by atoms with Gasteiger partial charge in [-0.15, -0.1) is 0 Å². The highest BCUT2D eigenvalue weighted by atomic mass is 32.1. The van der Waals surface area contributed by atoms with Gasteiger partial charge in [0.15, 0.2) is 5.11 Å². The lowest BCUT2D eigenvalue weighted by Gasteiger charge is -2.30. The molecule has 5 heteroatoms. The molecule has 1 atom stereocenters. The van der Waals surface area contributed by atoms with Crippen LogP contribution in [0.1, 0.15) is 43.9 Å². The van der Waals surface area contributed by atoms with Crippen molar-refractivity contribution < 1.29 is 4.79 Å². The first kappa shape index (κ1) is 18.1. The van der Waals surface area contributed by atoms with Crippen molar-refractivity contribution in [1.82, 2.24) is 10.6 Å². The van der Waals surface area contributed by atoms with Crippen molar-refractivity contribution in [2.45, 2.75) is 32.7 Å². The van der Waals surface area contributed by atoms with E-state index in [0.717, 1.165) is 16.9 Å². The molecule has 1 aliphatic heterocycles. The van der Waals surface area contributed by atoms with Crippen LogP contribution in [0.5, 0.6) is 0 Å². The standard InChI is InChI=1S/C21H23N3OS/c1-13(2)15-9-11-16(12-10-15)19-18(14(3)22-21(26)24-19)20(25)23-17-7-5-4-6-8-17/h4-13,19H,1-3H3,(H,23,25)(H2,22,24,26). The molecule has 134 valence electrons. The van der Waals surface area contributed by atoms with Crippen LogP contribution in [-0.4, -0.2) is 11.0 Å². The van der Waals surface area contributed by atoms with Gasteiger partial charge in [0.05, 0.1) is 11.6 Å². The van der Waals surface area contributed by atoms with Crippen molar-refractivity contribution in [2.24, 2.45) is 0 Å². The molecular formula is C21H23N3OS. The lowest BCUT2D eigenvalue weighted by atomic mass is 9.92. The van der Waals surface area contributed by atoms with Crippen LogP contribution in [0, 0.1) is 0 Å². The van der Waals surface area contributed by atoms with E-state index in [0.29, 0.717) is 16.6 Å². The number of carbonyl (C=O) groups is 1. The minimum absolute atomic E-state index is 0.144. The normalized spacial score (nSPS) is 16.9. The van der Waals surface area contributed by atoms with E-state index in [9.17, 15) is 4.79 Å². The molecule has 3 N–H and O–H groups in total. The maximum atomic E-state index is 13.0. The Morgan fingerprint density at radius 2 is 1.73 bits per heavy atom. The topological polar surface area (TPSA) is 53.2 Å². The fourth-order valence-electron chi connectivity index (χ4n) is 3.04. The maximum absolute atomic E-state index is 13.0. The van der Waals surface area contributed by atoms with Gasteiger partial charge in [0, 0.05) is 11.4 Å². The summed E-state index contributed by atoms with van der Waals surface area (Å²) in [5.41, 5.74) is 4.44. The van der Waals surface area contributed by atoms with E-state index in [-0.39, 0.29) is 11.9 Å². The van der Waals surface area contributed by atoms with Crippen LogP contribution in [0.15, 0.2) is 65.9 Å². The van der Waals surface area contributed by atoms with E-state index in [1.807, 2.05) is 37.3 Å². The van der Waals surface area contributed by atoms with Gasteiger partial charge >= 0.3 is 0 Å². The van der Waals surface area contributed by atoms with Crippen molar-refractivity contribution in [3.63, 3.8) is 0 Å². The molecule has 0 spiro atoms. The largest absolute Gasteiger partial charge is 0.351 e. The number of hydrogen-bond acceptors (Lipinski definition) is 2. The van der Waals surface area contributed by atoms with Crippen molar-refractivity contribution in [3.05, 3.63) is 77.0 Å². The molecule has 2 aromatic rings. The minimum atomic E-state index is -0.284. The number of hydrogen-bond donors (Lipinski definition) is 3. The third-order valence-electron chi connectivity index (χ3n) is 4.48. The number of anilines is 1. The predicted octanol–water partition coefficient (Wildman–Crippen LogP) is 4.24. The van der Waals surface area contributed by atoms with E-state index < -0.39 is 0 Å². The summed E-state index contributed by atoms with van der Waals surface area (Å²) < 4.78 is 0. The highest BCUT2D eigenvalue weighted by Crippen LogP contribution is 2.29. The third-order valence-corrected chi connectivity index (χ3v) is 4.70. The fourth-order valence-corrected chi connectivity index (χ4v) is 3.31. The second-order valence-corrected chi connectivity index (χ2v) is 7.12. The summed E-state index contributed by atoms with van der Waals surface area (Å²) in [7, 11) is 0. The molecule has 1 aliphatic rings. The fraction of sp³-hybridized carbons (Fsp3) is 0.238. The molecule has 26 heavy (non-hydrogen) atoms. The summed E-state index contributed by atoms with van der Waals surface area (Å²) in [6.07, 6.45) is 0. The van der Waals surface area contributed by atoms with E-state index in [4.69, 9.17) is 12.2 Å². The van der Waals surface area contributed by atoms with E-state index in [1.165, 1.54) is 5.56 Å². The van der Waals surface area contributed by atoms with Gasteiger partial charge < -0.3 is 16.0 Å². The number of benzene rings is 2. The van der Waals surface area contributed by atoms with Gasteiger partial charge in [-0.3, -0.25) is 4.79 Å². The van der Waals surface area contributed by atoms with Crippen LogP contribution >= 0.6 is 12.2 Å². The summed E-state index contributed by atoms with van der Waals surface area (Å²) in [6, 6.07) is 17.5. The van der Waals surface area contributed by atoms with Gasteiger partial charge in [0.25, 0.3) is 5.91 Å². The molecule has 1 heterocycles. The Morgan fingerprint density at radius 1 is 1.08 bits per heavy atom. The summed E-state index contributed by atoms with van der Waals surface area (Å²) in [6.45, 7) is 6.20. The minimum Gasteiger partial charge on any atom is -0.351 e. The molecular weight excluding hydrogens is 342 g/mol. The average molecular weight is 366 g/mol. The molecule has 2 aromatic carbocycles. The van der Waals surface area contributed by atoms with Crippen molar-refractivity contribution >= 4 is 28.9 Å². The van der Waals surface area contributed by atoms with E-state index in [2.05, 4.69) is 54.1 Å². The zero-order valence-corrected chi connectivity index (χ0v) is 16.0. The molecule has 0 fully saturated rings. The van der Waals surface area contributed by atoms with Crippen LogP contribution < -0.4 is 16.0 Å². The number of rotatable bonds is 4. The lowest BCUT2D eigenvalue weighted by Crippen LogP contribution is -2.45. The van der Waals surface area contributed by atoms with E-state index >= 15 is 0 Å². The quantitative estimate of drug-likeness (QED) is 0.710. The second kappa shape index (κ2) is 7.70. The number of thiocarbonyl (C=S) groups is 1. The van der Waals surface area contributed by atoms with Crippen LogP contribution in [0.2, 0.25) is 0 Å². The molecule has 3 rings (SSSR count). The zero-order chi connectivity index (χ0) is 18.7. The summed E-state index contributed by atoms with van der Waals surface area (Å²) in [5, 5.41) is 9.79. The smallest absolute Gasteiger partial charge is 0.255 e. The molecule has 4 nitrogen and oxygen atoms in total. The van der Waals surface area contributed by atoms with Crippen LogP contribution in [0.3, 0.4) is 0 Å². The Hall–Kier alpha value is -2.66. The number of para-hydroxylation sites is 1. The Bertz CT molecular complexity index is 841. The molecule has 1 unspecified atom stereocenters. The van der Waals surface area contributed by atoms with Gasteiger partial charge in [-0.05, 0) is 48.3 Å². The number of amides is 1. The molecule has 0 bridgehead atoms. The number of allylic oxidation sites excluding steroid dienone is 1. The first-order chi connectivity index (χ1) is 12.5. The lowest BCUT2D eigenvalue weighted by molar-refractivity contribution is -0.113. The maximum Gasteiger partial charge on any atom is 0.255 e. The second-order valence-electron chi connectivity index (χ2n) is 6.71. The Balaban J connectivity index is 1.92. The van der Waals surface area contributed by atoms with E-state index in [1.54, 1.807) is 0 Å². The molecule has 0 aromatic heterocycles. The van der Waals surface area contributed by atoms with Crippen molar-refractivity contribution in [1.29, 1.82) is 0 Å². The average Bonchev–Trinajstić information content (AvgIpc) is 2.61. The summed E-state index contributed by atoms with van der Waals surface area (Å²) in [5.74, 6) is 0.318. The molecule has 0 radical (unpaired) electrons. The van der Waals surface area contributed by atoms with Crippen molar-refractivity contribution in [3.8, 4) is 0 Å². The Morgan fingerprint density at radius 3 is 2.35 bits per heavy atom. The van der Waals surface area contributed by atoms with Gasteiger partial charge in [-0.25, -0.2) is 0 Å². The molecule has 0 saturated heterocycles. The highest BCUT2D eigenvalue weighted by Gasteiger charge is 2.29. The van der Waals surface area contributed by atoms with Crippen molar-refractivity contribution in [2.75, 3.05) is 5.32 Å². The first-order valence-corrected chi connectivity index (χ1v) is 9.11. The summed E-state index contributed by atoms with van der Waals surface area (Å²) in [4.78, 5) is 13.0.